The highest BCUT2D eigenvalue weighted by Crippen LogP contribution is 2.06. The van der Waals surface area contributed by atoms with Gasteiger partial charge >= 0.3 is 0 Å². The molecule has 128 valence electrons. The number of amides is 1. The van der Waals surface area contributed by atoms with Crippen molar-refractivity contribution in [2.45, 2.75) is 59.8 Å². The molecule has 4 heteroatoms. The van der Waals surface area contributed by atoms with E-state index in [-0.39, 0.29) is 7.33 Å². The molecule has 0 saturated carbocycles. The Labute approximate surface area is 133 Å². The molecule has 21 heavy (non-hydrogen) atoms. The Bertz CT molecular complexity index is 244. The molecule has 1 saturated heterocycles. The Morgan fingerprint density at radius 2 is 1.48 bits per heavy atom. The molecule has 0 unspecified atom stereocenters. The van der Waals surface area contributed by atoms with Gasteiger partial charge in [-0.05, 0) is 32.4 Å². The summed E-state index contributed by atoms with van der Waals surface area (Å²) < 4.78 is 0. The highest BCUT2D eigenvalue weighted by molar-refractivity contribution is 5.72. The number of nitrogens with one attached hydrogen (secondary N) is 1. The first-order chi connectivity index (χ1) is 10.2. The molecule has 1 N–H and O–H groups in total. The standard InChI is InChI=1S/C15H31N3O.C2H6.H2/c1-3-9-17-11-13-18(14-12-17)10-7-5-4-6-8-16-15(2)19;1-2;/h3-14H2,1-2H3,(H,16,19);1-2H3;1H. The number of carbonyl (C=O) groups is 1. The number of nitrogens with zero attached hydrogens (tertiary/aromatic N) is 2. The van der Waals surface area contributed by atoms with Gasteiger partial charge in [0.1, 0.15) is 0 Å². The summed E-state index contributed by atoms with van der Waals surface area (Å²) >= 11 is 0. The first-order valence-electron chi connectivity index (χ1n) is 8.91. The smallest absolute Gasteiger partial charge is 0.216 e. The largest absolute Gasteiger partial charge is 0.356 e. The van der Waals surface area contributed by atoms with Crippen LogP contribution in [0.4, 0.5) is 0 Å². The molecule has 0 aliphatic carbocycles. The molecule has 1 heterocycles. The van der Waals surface area contributed by atoms with Gasteiger partial charge in [0, 0.05) is 41.1 Å². The van der Waals surface area contributed by atoms with Gasteiger partial charge in [0.2, 0.25) is 5.91 Å². The quantitative estimate of drug-likeness (QED) is 0.665. The molecule has 0 aromatic heterocycles. The summed E-state index contributed by atoms with van der Waals surface area (Å²) in [7, 11) is 0. The van der Waals surface area contributed by atoms with Gasteiger partial charge in [-0.3, -0.25) is 4.79 Å². The molecule has 0 bridgehead atoms. The van der Waals surface area contributed by atoms with E-state index in [1.807, 2.05) is 13.8 Å². The van der Waals surface area contributed by atoms with E-state index in [0.29, 0.717) is 0 Å². The Hall–Kier alpha value is -0.610. The number of hydrogen-bond acceptors (Lipinski definition) is 3. The van der Waals surface area contributed by atoms with E-state index >= 15 is 0 Å². The van der Waals surface area contributed by atoms with Gasteiger partial charge in [-0.2, -0.15) is 0 Å². The van der Waals surface area contributed by atoms with E-state index in [0.717, 1.165) is 13.0 Å². The fourth-order valence-electron chi connectivity index (χ4n) is 2.63. The maximum absolute atomic E-state index is 10.7. The average molecular weight is 302 g/mol. The van der Waals surface area contributed by atoms with Gasteiger partial charge in [0.15, 0.2) is 0 Å². The molecular weight excluding hydrogens is 262 g/mol. The number of carbonyl (C=O) groups excluding carboxylic acids is 1. The highest BCUT2D eigenvalue weighted by Gasteiger charge is 2.14. The van der Waals surface area contributed by atoms with E-state index in [1.165, 1.54) is 65.0 Å². The summed E-state index contributed by atoms with van der Waals surface area (Å²) in [4.78, 5) is 15.9. The summed E-state index contributed by atoms with van der Waals surface area (Å²) in [6.07, 6.45) is 6.21. The highest BCUT2D eigenvalue weighted by atomic mass is 16.1. The molecule has 0 aromatic rings. The van der Waals surface area contributed by atoms with Gasteiger partial charge in [-0.25, -0.2) is 0 Å². The summed E-state index contributed by atoms with van der Waals surface area (Å²) in [5, 5.41) is 2.85. The van der Waals surface area contributed by atoms with Crippen LogP contribution < -0.4 is 5.32 Å². The average Bonchev–Trinajstić information content (AvgIpc) is 2.50. The third-order valence-corrected chi connectivity index (χ3v) is 3.78. The molecule has 1 aliphatic heterocycles. The van der Waals surface area contributed by atoms with Gasteiger partial charge < -0.3 is 15.1 Å². The first-order valence-corrected chi connectivity index (χ1v) is 8.91. The fraction of sp³-hybridized carbons (Fsp3) is 0.941. The van der Waals surface area contributed by atoms with Crippen molar-refractivity contribution in [1.29, 1.82) is 0 Å². The van der Waals surface area contributed by atoms with E-state index in [4.69, 9.17) is 0 Å². The topological polar surface area (TPSA) is 35.6 Å². The second kappa shape index (κ2) is 14.3. The summed E-state index contributed by atoms with van der Waals surface area (Å²) in [5.74, 6) is 0.0879. The molecule has 4 nitrogen and oxygen atoms in total. The molecule has 0 aromatic carbocycles. The Morgan fingerprint density at radius 1 is 0.952 bits per heavy atom. The number of hydrogen-bond donors (Lipinski definition) is 1. The van der Waals surface area contributed by atoms with E-state index in [1.54, 1.807) is 6.92 Å². The number of piperazine rings is 1. The Morgan fingerprint density at radius 3 is 2.00 bits per heavy atom. The molecule has 0 atom stereocenters. The summed E-state index contributed by atoms with van der Waals surface area (Å²) in [6, 6.07) is 0. The number of unbranched alkanes of at least 4 members (excludes halogenated alkanes) is 3. The van der Waals surface area contributed by atoms with Gasteiger partial charge in [-0.1, -0.05) is 33.6 Å². The minimum absolute atomic E-state index is 0. The maximum atomic E-state index is 10.7. The van der Waals surface area contributed by atoms with Crippen LogP contribution >= 0.6 is 0 Å². The third kappa shape index (κ3) is 11.7. The van der Waals surface area contributed by atoms with Crippen LogP contribution in [0.5, 0.6) is 0 Å². The lowest BCUT2D eigenvalue weighted by molar-refractivity contribution is -0.118. The lowest BCUT2D eigenvalue weighted by Crippen LogP contribution is -2.46. The van der Waals surface area contributed by atoms with Gasteiger partial charge in [-0.15, -0.1) is 0 Å². The van der Waals surface area contributed by atoms with E-state index < -0.39 is 0 Å². The molecule has 1 rings (SSSR count). The normalized spacial score (nSPS) is 16.2. The van der Waals surface area contributed by atoms with Crippen molar-refractivity contribution in [3.05, 3.63) is 0 Å². The predicted molar refractivity (Wildman–Crippen MR) is 93.8 cm³/mol. The zero-order chi connectivity index (χ0) is 15.9. The first kappa shape index (κ1) is 20.4. The van der Waals surface area contributed by atoms with Crippen LogP contribution in [-0.2, 0) is 4.79 Å². The van der Waals surface area contributed by atoms with Crippen molar-refractivity contribution in [3.63, 3.8) is 0 Å². The molecule has 0 spiro atoms. The second-order valence-electron chi connectivity index (χ2n) is 5.58. The third-order valence-electron chi connectivity index (χ3n) is 3.78. The van der Waals surface area contributed by atoms with Crippen LogP contribution in [0.2, 0.25) is 0 Å². The molecule has 1 fully saturated rings. The zero-order valence-corrected chi connectivity index (χ0v) is 14.8. The van der Waals surface area contributed by atoms with Crippen molar-refractivity contribution in [3.8, 4) is 0 Å². The van der Waals surface area contributed by atoms with Crippen LogP contribution in [0, 0.1) is 0 Å². The molecular formula is C17H39N3O. The second-order valence-corrected chi connectivity index (χ2v) is 5.58. The minimum atomic E-state index is 0. The summed E-state index contributed by atoms with van der Waals surface area (Å²) in [6.45, 7) is 16.2. The van der Waals surface area contributed by atoms with Crippen molar-refractivity contribution < 1.29 is 6.22 Å². The van der Waals surface area contributed by atoms with Crippen LogP contribution in [0.15, 0.2) is 0 Å². The SMILES string of the molecule is CC.CCCN1CCN(CCCCCCNC(C)=O)CC1.[HH]. The van der Waals surface area contributed by atoms with Crippen LogP contribution in [0.1, 0.15) is 61.2 Å². The molecule has 1 amide bonds. The predicted octanol–water partition coefficient (Wildman–Crippen LogP) is 2.98. The van der Waals surface area contributed by atoms with Crippen LogP contribution in [0.25, 0.3) is 0 Å². The lowest BCUT2D eigenvalue weighted by atomic mass is 10.1. The minimum Gasteiger partial charge on any atom is -0.356 e. The Balaban J connectivity index is 0. The van der Waals surface area contributed by atoms with Gasteiger partial charge in [0.05, 0.1) is 0 Å². The Kier molecular flexibility index (Phi) is 13.9. The van der Waals surface area contributed by atoms with Crippen molar-refractivity contribution in [2.24, 2.45) is 0 Å². The van der Waals surface area contributed by atoms with E-state index in [9.17, 15) is 4.79 Å². The van der Waals surface area contributed by atoms with E-state index in [2.05, 4.69) is 22.0 Å². The summed E-state index contributed by atoms with van der Waals surface area (Å²) in [5.41, 5.74) is 0. The molecule has 0 radical (unpaired) electrons. The van der Waals surface area contributed by atoms with Gasteiger partial charge in [0.25, 0.3) is 0 Å². The van der Waals surface area contributed by atoms with Crippen molar-refractivity contribution in [1.82, 2.24) is 15.1 Å². The monoisotopic (exact) mass is 301 g/mol. The van der Waals surface area contributed by atoms with Crippen molar-refractivity contribution in [2.75, 3.05) is 45.8 Å². The molecule has 1 aliphatic rings. The lowest BCUT2D eigenvalue weighted by Gasteiger charge is -2.34. The fourth-order valence-corrected chi connectivity index (χ4v) is 2.63. The maximum Gasteiger partial charge on any atom is 0.216 e. The van der Waals surface area contributed by atoms with Crippen molar-refractivity contribution >= 4 is 5.91 Å². The van der Waals surface area contributed by atoms with Crippen LogP contribution in [0.3, 0.4) is 0 Å². The number of rotatable bonds is 9. The zero-order valence-electron chi connectivity index (χ0n) is 14.8. The van der Waals surface area contributed by atoms with Crippen LogP contribution in [-0.4, -0.2) is 61.5 Å².